The third-order valence-electron chi connectivity index (χ3n) is 4.88. The van der Waals surface area contributed by atoms with Crippen LogP contribution in [0.3, 0.4) is 0 Å². The molecule has 1 aromatic carbocycles. The number of anilines is 1. The van der Waals surface area contributed by atoms with Gasteiger partial charge in [0.1, 0.15) is 5.82 Å². The molecule has 1 aliphatic rings. The van der Waals surface area contributed by atoms with E-state index in [1.807, 2.05) is 4.90 Å². The zero-order valence-electron chi connectivity index (χ0n) is 16.1. The Morgan fingerprint density at radius 2 is 1.79 bits per heavy atom. The van der Waals surface area contributed by atoms with Crippen molar-refractivity contribution in [3.05, 3.63) is 47.7 Å². The molecular weight excluding hydrogens is 387 g/mol. The van der Waals surface area contributed by atoms with Crippen molar-refractivity contribution in [2.45, 2.75) is 25.1 Å². The van der Waals surface area contributed by atoms with E-state index in [4.69, 9.17) is 9.47 Å². The lowest BCUT2D eigenvalue weighted by atomic mass is 10.0. The summed E-state index contributed by atoms with van der Waals surface area (Å²) in [5.74, 6) is 1.31. The highest BCUT2D eigenvalue weighted by Gasteiger charge is 2.31. The van der Waals surface area contributed by atoms with E-state index in [-0.39, 0.29) is 11.9 Å². The molecule has 3 rings (SSSR count). The first-order chi connectivity index (χ1) is 13.8. The summed E-state index contributed by atoms with van der Waals surface area (Å²) in [6, 6.07) is 7.35. The van der Waals surface area contributed by atoms with Crippen molar-refractivity contribution in [1.29, 1.82) is 0 Å². The summed E-state index contributed by atoms with van der Waals surface area (Å²) in [5.41, 5.74) is -0.298. The number of amides is 1. The van der Waals surface area contributed by atoms with Crippen LogP contribution in [0.2, 0.25) is 0 Å². The Kier molecular flexibility index (Phi) is 6.14. The van der Waals surface area contributed by atoms with E-state index in [0.717, 1.165) is 12.3 Å². The van der Waals surface area contributed by atoms with Crippen LogP contribution in [0.1, 0.15) is 28.8 Å². The number of hydrogen-bond acceptors (Lipinski definition) is 5. The minimum atomic E-state index is -4.40. The number of nitrogens with zero attached hydrogens (tertiary/aromatic N) is 2. The number of carbonyl (C=O) groups is 1. The molecule has 156 valence electrons. The van der Waals surface area contributed by atoms with Gasteiger partial charge in [0.05, 0.1) is 19.8 Å². The number of methoxy groups -OCH3 is 2. The van der Waals surface area contributed by atoms with Crippen molar-refractivity contribution < 1.29 is 27.4 Å². The lowest BCUT2D eigenvalue weighted by molar-refractivity contribution is -0.137. The molecule has 2 aromatic rings. The highest BCUT2D eigenvalue weighted by atomic mass is 19.4. The van der Waals surface area contributed by atoms with E-state index in [1.54, 1.807) is 18.2 Å². The number of ether oxygens (including phenoxy) is 2. The molecule has 0 saturated carbocycles. The Bertz CT molecular complexity index is 848. The average Bonchev–Trinajstić information content (AvgIpc) is 2.73. The van der Waals surface area contributed by atoms with Crippen LogP contribution in [0.4, 0.5) is 19.0 Å². The van der Waals surface area contributed by atoms with Crippen molar-refractivity contribution in [2.24, 2.45) is 0 Å². The van der Waals surface area contributed by atoms with Crippen LogP contribution >= 0.6 is 0 Å². The molecule has 0 bridgehead atoms. The second kappa shape index (κ2) is 8.59. The maximum Gasteiger partial charge on any atom is 0.417 e. The fraction of sp³-hybridized carbons (Fsp3) is 0.400. The summed E-state index contributed by atoms with van der Waals surface area (Å²) >= 11 is 0. The van der Waals surface area contributed by atoms with Gasteiger partial charge in [0, 0.05) is 30.9 Å². The Labute approximate surface area is 166 Å². The molecule has 29 heavy (non-hydrogen) atoms. The molecule has 0 atom stereocenters. The van der Waals surface area contributed by atoms with Crippen LogP contribution < -0.4 is 19.7 Å². The zero-order valence-corrected chi connectivity index (χ0v) is 16.1. The van der Waals surface area contributed by atoms with E-state index in [1.165, 1.54) is 20.3 Å². The Morgan fingerprint density at radius 3 is 2.34 bits per heavy atom. The number of nitrogens with one attached hydrogen (secondary N) is 1. The normalized spacial score (nSPS) is 15.1. The first kappa shape index (κ1) is 20.8. The van der Waals surface area contributed by atoms with E-state index < -0.39 is 11.7 Å². The van der Waals surface area contributed by atoms with Gasteiger partial charge in [0.25, 0.3) is 5.91 Å². The lowest BCUT2D eigenvalue weighted by Crippen LogP contribution is -2.45. The predicted molar refractivity (Wildman–Crippen MR) is 101 cm³/mol. The van der Waals surface area contributed by atoms with Crippen LogP contribution in [0.15, 0.2) is 36.5 Å². The molecule has 9 heteroatoms. The second-order valence-electron chi connectivity index (χ2n) is 6.71. The average molecular weight is 409 g/mol. The number of hydrogen-bond donors (Lipinski definition) is 1. The van der Waals surface area contributed by atoms with Crippen LogP contribution in [0, 0.1) is 0 Å². The third kappa shape index (κ3) is 4.90. The maximum atomic E-state index is 12.7. The van der Waals surface area contributed by atoms with Gasteiger partial charge in [-0.25, -0.2) is 4.98 Å². The van der Waals surface area contributed by atoms with Crippen LogP contribution in [-0.2, 0) is 6.18 Å². The molecule has 1 aromatic heterocycles. The molecule has 1 amide bonds. The van der Waals surface area contributed by atoms with Gasteiger partial charge in [-0.3, -0.25) is 4.79 Å². The molecule has 1 aliphatic heterocycles. The number of aromatic nitrogens is 1. The molecular formula is C20H22F3N3O3. The minimum absolute atomic E-state index is 0.0266. The van der Waals surface area contributed by atoms with Crippen molar-refractivity contribution in [2.75, 3.05) is 32.2 Å². The molecule has 0 unspecified atom stereocenters. The summed E-state index contributed by atoms with van der Waals surface area (Å²) < 4.78 is 48.4. The van der Waals surface area contributed by atoms with Gasteiger partial charge in [-0.05, 0) is 43.2 Å². The van der Waals surface area contributed by atoms with Gasteiger partial charge < -0.3 is 19.7 Å². The van der Waals surface area contributed by atoms with Gasteiger partial charge >= 0.3 is 6.18 Å². The van der Waals surface area contributed by atoms with Crippen molar-refractivity contribution in [3.63, 3.8) is 0 Å². The zero-order chi connectivity index (χ0) is 21.0. The van der Waals surface area contributed by atoms with Crippen molar-refractivity contribution in [1.82, 2.24) is 10.3 Å². The molecule has 2 heterocycles. The van der Waals surface area contributed by atoms with E-state index in [9.17, 15) is 18.0 Å². The summed E-state index contributed by atoms with van der Waals surface area (Å²) in [6.45, 7) is 1.19. The molecule has 6 nitrogen and oxygen atoms in total. The summed E-state index contributed by atoms with van der Waals surface area (Å²) in [4.78, 5) is 18.4. The number of piperidine rings is 1. The number of halogens is 3. The first-order valence-corrected chi connectivity index (χ1v) is 9.13. The lowest BCUT2D eigenvalue weighted by Gasteiger charge is -2.33. The monoisotopic (exact) mass is 409 g/mol. The standard InChI is InChI=1S/C20H22F3N3O3/c1-28-16-5-3-13(11-17(16)29-2)19(27)25-15-7-9-26(10-8-15)18-6-4-14(12-24-18)20(21,22)23/h3-6,11-12,15H,7-10H2,1-2H3,(H,25,27). The number of alkyl halides is 3. The number of carbonyl (C=O) groups excluding carboxylic acids is 1. The van der Waals surface area contributed by atoms with Crippen LogP contribution in [-0.4, -0.2) is 44.2 Å². The van der Waals surface area contributed by atoms with Crippen LogP contribution in [0.25, 0.3) is 0 Å². The predicted octanol–water partition coefficient (Wildman–Crippen LogP) is 3.52. The van der Waals surface area contributed by atoms with Crippen LogP contribution in [0.5, 0.6) is 11.5 Å². The fourth-order valence-electron chi connectivity index (χ4n) is 3.24. The smallest absolute Gasteiger partial charge is 0.417 e. The fourth-order valence-corrected chi connectivity index (χ4v) is 3.24. The van der Waals surface area contributed by atoms with Crippen molar-refractivity contribution >= 4 is 11.7 Å². The molecule has 0 radical (unpaired) electrons. The molecule has 0 aliphatic carbocycles. The van der Waals surface area contributed by atoms with Gasteiger partial charge in [0.2, 0.25) is 0 Å². The minimum Gasteiger partial charge on any atom is -0.493 e. The van der Waals surface area contributed by atoms with Gasteiger partial charge in [0.15, 0.2) is 11.5 Å². The molecule has 1 N–H and O–H groups in total. The Hall–Kier alpha value is -2.97. The third-order valence-corrected chi connectivity index (χ3v) is 4.88. The molecule has 0 spiro atoms. The largest absolute Gasteiger partial charge is 0.493 e. The molecule has 1 fully saturated rings. The van der Waals surface area contributed by atoms with E-state index >= 15 is 0 Å². The first-order valence-electron chi connectivity index (χ1n) is 9.13. The maximum absolute atomic E-state index is 12.7. The summed E-state index contributed by atoms with van der Waals surface area (Å²) in [5, 5.41) is 2.99. The Morgan fingerprint density at radius 1 is 1.10 bits per heavy atom. The van der Waals surface area contributed by atoms with E-state index in [0.29, 0.717) is 48.8 Å². The van der Waals surface area contributed by atoms with Crippen molar-refractivity contribution in [3.8, 4) is 11.5 Å². The SMILES string of the molecule is COc1ccc(C(=O)NC2CCN(c3ccc(C(F)(F)F)cn3)CC2)cc1OC. The quantitative estimate of drug-likeness (QED) is 0.819. The molecule has 1 saturated heterocycles. The van der Waals surface area contributed by atoms with Gasteiger partial charge in [-0.2, -0.15) is 13.2 Å². The topological polar surface area (TPSA) is 63.7 Å². The highest BCUT2D eigenvalue weighted by Crippen LogP contribution is 2.30. The van der Waals surface area contributed by atoms with Gasteiger partial charge in [-0.15, -0.1) is 0 Å². The summed E-state index contributed by atoms with van der Waals surface area (Å²) in [7, 11) is 3.03. The number of pyridine rings is 1. The van der Waals surface area contributed by atoms with E-state index in [2.05, 4.69) is 10.3 Å². The second-order valence-corrected chi connectivity index (χ2v) is 6.71. The highest BCUT2D eigenvalue weighted by molar-refractivity contribution is 5.95. The van der Waals surface area contributed by atoms with Gasteiger partial charge in [-0.1, -0.05) is 0 Å². The number of benzene rings is 1. The summed E-state index contributed by atoms with van der Waals surface area (Å²) in [6.07, 6.45) is -2.21. The number of rotatable bonds is 5. The Balaban J connectivity index is 1.56.